The van der Waals surface area contributed by atoms with E-state index in [2.05, 4.69) is 18.8 Å². The summed E-state index contributed by atoms with van der Waals surface area (Å²) < 4.78 is 0. The Bertz CT molecular complexity index is 854. The van der Waals surface area contributed by atoms with E-state index in [0.29, 0.717) is 50.0 Å². The highest BCUT2D eigenvalue weighted by atomic mass is 16.2. The van der Waals surface area contributed by atoms with Crippen LogP contribution < -0.4 is 4.90 Å². The molecule has 8 nitrogen and oxygen atoms in total. The predicted octanol–water partition coefficient (Wildman–Crippen LogP) is 2.33. The maximum absolute atomic E-state index is 12.9. The van der Waals surface area contributed by atoms with Crippen LogP contribution in [-0.2, 0) is 27.3 Å². The van der Waals surface area contributed by atoms with Crippen LogP contribution in [0.4, 0.5) is 5.82 Å². The zero-order chi connectivity index (χ0) is 22.7. The highest BCUT2D eigenvalue weighted by Crippen LogP contribution is 2.29. The van der Waals surface area contributed by atoms with Gasteiger partial charge in [0.05, 0.1) is 12.5 Å². The number of hydrogen-bond donors (Lipinski definition) is 0. The molecule has 1 aromatic rings. The van der Waals surface area contributed by atoms with Gasteiger partial charge < -0.3 is 9.80 Å². The molecule has 0 unspecified atom stereocenters. The van der Waals surface area contributed by atoms with Crippen molar-refractivity contribution in [2.45, 2.75) is 66.3 Å². The van der Waals surface area contributed by atoms with E-state index in [1.54, 1.807) is 21.7 Å². The minimum Gasteiger partial charge on any atom is -0.342 e. The summed E-state index contributed by atoms with van der Waals surface area (Å²) in [6.07, 6.45) is 3.20. The van der Waals surface area contributed by atoms with E-state index < -0.39 is 0 Å². The number of likely N-dealkylation sites (tertiary alicyclic amines) is 1. The SMILES string of the molecule is CCCN1C[C@@H](C(=O)N(C)Cc2nc(C)c3c(n2)N(CCC(C)C)C(=O)CC3)CC1=O. The van der Waals surface area contributed by atoms with Gasteiger partial charge in [-0.3, -0.25) is 19.3 Å². The average Bonchev–Trinajstić information content (AvgIpc) is 3.07. The summed E-state index contributed by atoms with van der Waals surface area (Å²) in [6, 6.07) is 0. The standard InChI is InChI=1S/C23H35N5O3/c1-6-10-27-13-17(12-21(27)30)23(31)26(5)14-19-24-16(4)18-7-8-20(29)28(22(18)25-19)11-9-15(2)3/h15,17H,6-14H2,1-5H3/t17-/m0/s1. The van der Waals surface area contributed by atoms with E-state index >= 15 is 0 Å². The van der Waals surface area contributed by atoms with Crippen molar-refractivity contribution in [1.29, 1.82) is 0 Å². The van der Waals surface area contributed by atoms with Gasteiger partial charge in [-0.2, -0.15) is 0 Å². The van der Waals surface area contributed by atoms with Crippen molar-refractivity contribution >= 4 is 23.5 Å². The zero-order valence-electron chi connectivity index (χ0n) is 19.5. The fourth-order valence-corrected chi connectivity index (χ4v) is 4.35. The van der Waals surface area contributed by atoms with Crippen molar-refractivity contribution in [2.75, 3.05) is 31.6 Å². The highest BCUT2D eigenvalue weighted by Gasteiger charge is 2.35. The van der Waals surface area contributed by atoms with Crippen LogP contribution >= 0.6 is 0 Å². The van der Waals surface area contributed by atoms with Crippen molar-refractivity contribution in [1.82, 2.24) is 19.8 Å². The lowest BCUT2D eigenvalue weighted by atomic mass is 10.0. The van der Waals surface area contributed by atoms with Gasteiger partial charge in [0.2, 0.25) is 17.7 Å². The van der Waals surface area contributed by atoms with Gasteiger partial charge in [0, 0.05) is 50.8 Å². The van der Waals surface area contributed by atoms with Gasteiger partial charge in [0.25, 0.3) is 0 Å². The van der Waals surface area contributed by atoms with Crippen molar-refractivity contribution in [2.24, 2.45) is 11.8 Å². The van der Waals surface area contributed by atoms with Gasteiger partial charge in [0.1, 0.15) is 11.6 Å². The van der Waals surface area contributed by atoms with Crippen molar-refractivity contribution < 1.29 is 14.4 Å². The molecule has 0 aliphatic carbocycles. The summed E-state index contributed by atoms with van der Waals surface area (Å²) in [6.45, 7) is 10.3. The maximum Gasteiger partial charge on any atom is 0.228 e. The second kappa shape index (κ2) is 9.75. The largest absolute Gasteiger partial charge is 0.342 e. The molecule has 0 N–H and O–H groups in total. The Morgan fingerprint density at radius 3 is 2.58 bits per heavy atom. The summed E-state index contributed by atoms with van der Waals surface area (Å²) in [5, 5.41) is 0. The number of rotatable bonds is 8. The predicted molar refractivity (Wildman–Crippen MR) is 118 cm³/mol. The van der Waals surface area contributed by atoms with E-state index in [0.717, 1.165) is 24.1 Å². The van der Waals surface area contributed by atoms with E-state index in [1.807, 2.05) is 13.8 Å². The third-order valence-corrected chi connectivity index (χ3v) is 6.13. The molecule has 31 heavy (non-hydrogen) atoms. The number of aromatic nitrogens is 2. The minimum atomic E-state index is -0.313. The molecule has 0 bridgehead atoms. The molecule has 0 saturated carbocycles. The molecule has 0 aromatic carbocycles. The number of amides is 3. The first-order chi connectivity index (χ1) is 14.7. The average molecular weight is 430 g/mol. The fraction of sp³-hybridized carbons (Fsp3) is 0.696. The normalized spacial score (nSPS) is 18.7. The third-order valence-electron chi connectivity index (χ3n) is 6.13. The summed E-state index contributed by atoms with van der Waals surface area (Å²) >= 11 is 0. The number of aryl methyl sites for hydroxylation is 1. The van der Waals surface area contributed by atoms with E-state index in [9.17, 15) is 14.4 Å². The molecule has 2 aliphatic rings. The lowest BCUT2D eigenvalue weighted by Gasteiger charge is -2.30. The van der Waals surface area contributed by atoms with Gasteiger partial charge in [-0.25, -0.2) is 9.97 Å². The van der Waals surface area contributed by atoms with Crippen molar-refractivity contribution in [3.05, 3.63) is 17.1 Å². The Morgan fingerprint density at radius 2 is 1.90 bits per heavy atom. The number of fused-ring (bicyclic) bond motifs is 1. The number of carbonyl (C=O) groups is 3. The van der Waals surface area contributed by atoms with Crippen molar-refractivity contribution in [3.63, 3.8) is 0 Å². The summed E-state index contributed by atoms with van der Waals surface area (Å²) in [5.74, 6) is 1.50. The second-order valence-electron chi connectivity index (χ2n) is 9.19. The maximum atomic E-state index is 12.9. The van der Waals surface area contributed by atoms with E-state index in [1.165, 1.54) is 0 Å². The van der Waals surface area contributed by atoms with Crippen LogP contribution in [0.25, 0.3) is 0 Å². The zero-order valence-corrected chi connectivity index (χ0v) is 19.5. The lowest BCUT2D eigenvalue weighted by molar-refractivity contribution is -0.135. The molecule has 1 fully saturated rings. The Labute approximate surface area is 185 Å². The van der Waals surface area contributed by atoms with Crippen LogP contribution in [-0.4, -0.2) is 64.2 Å². The van der Waals surface area contributed by atoms with Gasteiger partial charge >= 0.3 is 0 Å². The van der Waals surface area contributed by atoms with E-state index in [4.69, 9.17) is 4.98 Å². The summed E-state index contributed by atoms with van der Waals surface area (Å²) in [4.78, 5) is 52.2. The molecule has 2 aliphatic heterocycles. The van der Waals surface area contributed by atoms with Crippen molar-refractivity contribution in [3.8, 4) is 0 Å². The van der Waals surface area contributed by atoms with Crippen LogP contribution in [0.1, 0.15) is 63.5 Å². The summed E-state index contributed by atoms with van der Waals surface area (Å²) in [7, 11) is 1.73. The van der Waals surface area contributed by atoms with Gasteiger partial charge in [-0.15, -0.1) is 0 Å². The lowest BCUT2D eigenvalue weighted by Crippen LogP contribution is -2.39. The van der Waals surface area contributed by atoms with Crippen LogP contribution in [0.5, 0.6) is 0 Å². The Kier molecular flexibility index (Phi) is 7.28. The highest BCUT2D eigenvalue weighted by molar-refractivity contribution is 5.95. The first-order valence-corrected chi connectivity index (χ1v) is 11.4. The molecular weight excluding hydrogens is 394 g/mol. The Hall–Kier alpha value is -2.51. The molecule has 0 radical (unpaired) electrons. The molecular formula is C23H35N5O3. The number of carbonyl (C=O) groups excluding carboxylic acids is 3. The Balaban J connectivity index is 1.75. The fourth-order valence-electron chi connectivity index (χ4n) is 4.35. The molecule has 1 aromatic heterocycles. The van der Waals surface area contributed by atoms with Gasteiger partial charge in [-0.05, 0) is 32.1 Å². The number of anilines is 1. The number of nitrogens with zero attached hydrogens (tertiary/aromatic N) is 5. The molecule has 8 heteroatoms. The van der Waals surface area contributed by atoms with E-state index in [-0.39, 0.29) is 36.6 Å². The second-order valence-corrected chi connectivity index (χ2v) is 9.19. The van der Waals surface area contributed by atoms with Gasteiger partial charge in [-0.1, -0.05) is 20.8 Å². The van der Waals surface area contributed by atoms with Crippen LogP contribution in [0, 0.1) is 18.8 Å². The summed E-state index contributed by atoms with van der Waals surface area (Å²) in [5.41, 5.74) is 1.89. The van der Waals surface area contributed by atoms with Gasteiger partial charge in [0.15, 0.2) is 0 Å². The molecule has 170 valence electrons. The molecule has 1 atom stereocenters. The number of hydrogen-bond acceptors (Lipinski definition) is 5. The van der Waals surface area contributed by atoms with Crippen LogP contribution in [0.15, 0.2) is 0 Å². The molecule has 0 spiro atoms. The molecule has 3 amide bonds. The first-order valence-electron chi connectivity index (χ1n) is 11.4. The molecule has 1 saturated heterocycles. The molecule has 3 heterocycles. The quantitative estimate of drug-likeness (QED) is 0.633. The monoisotopic (exact) mass is 429 g/mol. The molecule has 3 rings (SSSR count). The van der Waals surface area contributed by atoms with Crippen LogP contribution in [0.2, 0.25) is 0 Å². The van der Waals surface area contributed by atoms with Crippen LogP contribution in [0.3, 0.4) is 0 Å². The first kappa shape index (κ1) is 23.2. The third kappa shape index (κ3) is 5.22. The topological polar surface area (TPSA) is 86.7 Å². The smallest absolute Gasteiger partial charge is 0.228 e. The Morgan fingerprint density at radius 1 is 1.16 bits per heavy atom. The minimum absolute atomic E-state index is 0.0498.